The Balaban J connectivity index is 1.78. The number of carbonyl (C=O) groups is 2. The monoisotopic (exact) mass is 460 g/mol. The molecule has 0 saturated heterocycles. The summed E-state index contributed by atoms with van der Waals surface area (Å²) in [7, 11) is 1.53. The molecule has 1 N–H and O–H groups in total. The predicted molar refractivity (Wildman–Crippen MR) is 129 cm³/mol. The number of carbonyl (C=O) groups excluding carboxylic acids is 2. The fourth-order valence-electron chi connectivity index (χ4n) is 3.76. The zero-order valence-electron chi connectivity index (χ0n) is 19.4. The normalized spacial score (nSPS) is 13.6. The van der Waals surface area contributed by atoms with E-state index in [0.29, 0.717) is 28.4 Å². The number of anilines is 2. The van der Waals surface area contributed by atoms with Gasteiger partial charge in [-0.3, -0.25) is 9.59 Å². The van der Waals surface area contributed by atoms with Crippen LogP contribution in [0.1, 0.15) is 25.0 Å². The molecule has 34 heavy (non-hydrogen) atoms. The largest absolute Gasteiger partial charge is 0.495 e. The summed E-state index contributed by atoms with van der Waals surface area (Å²) in [5.74, 6) is -0.319. The number of methoxy groups -OCH3 is 1. The van der Waals surface area contributed by atoms with Gasteiger partial charge in [0, 0.05) is 0 Å². The van der Waals surface area contributed by atoms with E-state index in [1.807, 2.05) is 32.9 Å². The summed E-state index contributed by atoms with van der Waals surface area (Å²) in [5.41, 5.74) is 2.55. The summed E-state index contributed by atoms with van der Waals surface area (Å²) in [4.78, 5) is 28.2. The molecule has 0 bridgehead atoms. The highest BCUT2D eigenvalue weighted by Crippen LogP contribution is 2.36. The number of hydrogen-bond donors (Lipinski definition) is 1. The Hall–Kier alpha value is -4.13. The molecule has 0 fully saturated rings. The number of imide groups is 1. The van der Waals surface area contributed by atoms with Crippen molar-refractivity contribution in [2.45, 2.75) is 26.9 Å². The van der Waals surface area contributed by atoms with Crippen LogP contribution < -0.4 is 19.7 Å². The van der Waals surface area contributed by atoms with Gasteiger partial charge in [0.1, 0.15) is 23.0 Å². The Morgan fingerprint density at radius 1 is 0.912 bits per heavy atom. The number of aryl methyl sites for hydroxylation is 1. The summed E-state index contributed by atoms with van der Waals surface area (Å²) in [5, 5.41) is 3.11. The van der Waals surface area contributed by atoms with Crippen molar-refractivity contribution in [3.05, 3.63) is 89.4 Å². The lowest BCUT2D eigenvalue weighted by Gasteiger charge is -2.17. The molecule has 2 amide bonds. The Labute approximate surface area is 197 Å². The number of hydrogen-bond acceptors (Lipinski definition) is 5. The second kappa shape index (κ2) is 9.39. The molecule has 0 unspecified atom stereocenters. The van der Waals surface area contributed by atoms with Crippen molar-refractivity contribution in [3.8, 4) is 11.5 Å². The minimum Gasteiger partial charge on any atom is -0.495 e. The lowest BCUT2D eigenvalue weighted by atomic mass is 10.0. The lowest BCUT2D eigenvalue weighted by Crippen LogP contribution is -2.32. The van der Waals surface area contributed by atoms with Crippen LogP contribution in [0.4, 0.5) is 15.8 Å². The Morgan fingerprint density at radius 2 is 1.59 bits per heavy atom. The summed E-state index contributed by atoms with van der Waals surface area (Å²) < 4.78 is 24.7. The molecule has 0 atom stereocenters. The van der Waals surface area contributed by atoms with E-state index in [2.05, 4.69) is 5.32 Å². The fourth-order valence-corrected chi connectivity index (χ4v) is 3.76. The van der Waals surface area contributed by atoms with Gasteiger partial charge < -0.3 is 14.8 Å². The molecule has 3 aromatic carbocycles. The Bertz CT molecular complexity index is 1260. The minimum atomic E-state index is -0.523. The number of amides is 2. The highest BCUT2D eigenvalue weighted by Gasteiger charge is 2.40. The smallest absolute Gasteiger partial charge is 0.282 e. The number of rotatable bonds is 7. The predicted octanol–water partition coefficient (Wildman–Crippen LogP) is 5.33. The van der Waals surface area contributed by atoms with E-state index in [9.17, 15) is 14.0 Å². The zero-order valence-corrected chi connectivity index (χ0v) is 19.4. The molecular weight excluding hydrogens is 435 g/mol. The molecule has 0 aromatic heterocycles. The van der Waals surface area contributed by atoms with E-state index in [0.717, 1.165) is 10.5 Å². The molecule has 0 spiro atoms. The molecule has 6 nitrogen and oxygen atoms in total. The second-order valence-corrected chi connectivity index (χ2v) is 8.19. The third-order valence-electron chi connectivity index (χ3n) is 5.30. The third kappa shape index (κ3) is 4.50. The van der Waals surface area contributed by atoms with Crippen LogP contribution in [0.5, 0.6) is 11.5 Å². The van der Waals surface area contributed by atoms with Gasteiger partial charge in [0.25, 0.3) is 11.8 Å². The molecule has 1 aliphatic rings. The molecule has 0 aliphatic carbocycles. The molecule has 1 aliphatic heterocycles. The van der Waals surface area contributed by atoms with Gasteiger partial charge in [0.05, 0.1) is 30.2 Å². The van der Waals surface area contributed by atoms with E-state index in [4.69, 9.17) is 9.47 Å². The Kier molecular flexibility index (Phi) is 6.36. The van der Waals surface area contributed by atoms with Gasteiger partial charge in [-0.05, 0) is 80.4 Å². The fraction of sp³-hybridized carbons (Fsp3) is 0.185. The quantitative estimate of drug-likeness (QED) is 0.483. The highest BCUT2D eigenvalue weighted by molar-refractivity contribution is 6.46. The van der Waals surface area contributed by atoms with Crippen molar-refractivity contribution in [1.29, 1.82) is 0 Å². The van der Waals surface area contributed by atoms with Crippen molar-refractivity contribution >= 4 is 28.8 Å². The first-order valence-corrected chi connectivity index (χ1v) is 10.9. The van der Waals surface area contributed by atoms with E-state index in [-0.39, 0.29) is 17.4 Å². The average molecular weight is 461 g/mol. The summed E-state index contributed by atoms with van der Waals surface area (Å²) >= 11 is 0. The molecule has 4 rings (SSSR count). The zero-order chi connectivity index (χ0) is 24.4. The van der Waals surface area contributed by atoms with E-state index >= 15 is 0 Å². The van der Waals surface area contributed by atoms with Gasteiger partial charge in [-0.15, -0.1) is 0 Å². The second-order valence-electron chi connectivity index (χ2n) is 8.19. The van der Waals surface area contributed by atoms with Crippen molar-refractivity contribution in [2.24, 2.45) is 0 Å². The molecule has 1 heterocycles. The van der Waals surface area contributed by atoms with Crippen molar-refractivity contribution in [3.63, 3.8) is 0 Å². The minimum absolute atomic E-state index is 0.00671. The van der Waals surface area contributed by atoms with Crippen LogP contribution in [0.15, 0.2) is 72.4 Å². The number of benzene rings is 3. The van der Waals surface area contributed by atoms with Crippen LogP contribution in [0.2, 0.25) is 0 Å². The first kappa shape index (κ1) is 23.0. The summed E-state index contributed by atoms with van der Waals surface area (Å²) in [6.45, 7) is 5.74. The highest BCUT2D eigenvalue weighted by atomic mass is 19.1. The number of halogens is 1. The maximum absolute atomic E-state index is 13.6. The Morgan fingerprint density at radius 3 is 2.21 bits per heavy atom. The first-order valence-electron chi connectivity index (χ1n) is 10.9. The molecule has 0 radical (unpaired) electrons. The van der Waals surface area contributed by atoms with Gasteiger partial charge in [-0.2, -0.15) is 0 Å². The molecule has 3 aromatic rings. The van der Waals surface area contributed by atoms with Crippen molar-refractivity contribution < 1.29 is 23.5 Å². The maximum Gasteiger partial charge on any atom is 0.282 e. The van der Waals surface area contributed by atoms with Crippen molar-refractivity contribution in [2.75, 3.05) is 17.3 Å². The van der Waals surface area contributed by atoms with Crippen LogP contribution in [-0.2, 0) is 9.59 Å². The van der Waals surface area contributed by atoms with Crippen LogP contribution in [0, 0.1) is 12.7 Å². The van der Waals surface area contributed by atoms with E-state index < -0.39 is 17.6 Å². The summed E-state index contributed by atoms with van der Waals surface area (Å²) in [6, 6.07) is 17.7. The van der Waals surface area contributed by atoms with Crippen LogP contribution >= 0.6 is 0 Å². The number of ether oxygens (including phenoxy) is 2. The van der Waals surface area contributed by atoms with Crippen LogP contribution in [0.3, 0.4) is 0 Å². The van der Waals surface area contributed by atoms with Crippen LogP contribution in [-0.4, -0.2) is 25.0 Å². The first-order chi connectivity index (χ1) is 16.3. The van der Waals surface area contributed by atoms with Gasteiger partial charge >= 0.3 is 0 Å². The molecular formula is C27H25FN2O4. The topological polar surface area (TPSA) is 67.9 Å². The third-order valence-corrected chi connectivity index (χ3v) is 5.30. The number of nitrogens with zero attached hydrogens (tertiary/aromatic N) is 1. The van der Waals surface area contributed by atoms with Gasteiger partial charge in [0.15, 0.2) is 0 Å². The van der Waals surface area contributed by atoms with E-state index in [1.54, 1.807) is 30.3 Å². The van der Waals surface area contributed by atoms with Crippen molar-refractivity contribution in [1.82, 2.24) is 0 Å². The summed E-state index contributed by atoms with van der Waals surface area (Å²) in [6.07, 6.45) is -0.00671. The van der Waals surface area contributed by atoms with Gasteiger partial charge in [0.2, 0.25) is 0 Å². The maximum atomic E-state index is 13.6. The molecule has 0 saturated carbocycles. The molecule has 7 heteroatoms. The van der Waals surface area contributed by atoms with Crippen LogP contribution in [0.25, 0.3) is 5.57 Å². The lowest BCUT2D eigenvalue weighted by molar-refractivity contribution is -0.120. The average Bonchev–Trinajstić information content (AvgIpc) is 3.04. The van der Waals surface area contributed by atoms with Gasteiger partial charge in [-0.25, -0.2) is 9.29 Å². The van der Waals surface area contributed by atoms with E-state index in [1.165, 1.54) is 31.4 Å². The number of nitrogens with one attached hydrogen (secondary N) is 1. The standard InChI is InChI=1S/C27H25FN2O4/c1-16(2)34-21-12-10-20(11-13-21)30-26(31)24(18-6-8-19(28)9-7-18)25(27(30)32)29-22-15-17(3)5-14-23(22)33-4/h5-16,29H,1-4H3. The molecule has 174 valence electrons. The van der Waals surface area contributed by atoms with Gasteiger partial charge in [-0.1, -0.05) is 18.2 Å². The SMILES string of the molecule is COc1ccc(C)cc1NC1=C(c2ccc(F)cc2)C(=O)N(c2ccc(OC(C)C)cc2)C1=O.